The van der Waals surface area contributed by atoms with Crippen LogP contribution in [-0.4, -0.2) is 29.6 Å². The van der Waals surface area contributed by atoms with E-state index in [2.05, 4.69) is 51.2 Å². The van der Waals surface area contributed by atoms with Gasteiger partial charge in [-0.25, -0.2) is 15.0 Å². The van der Waals surface area contributed by atoms with Crippen LogP contribution in [0, 0.1) is 0 Å². The highest BCUT2D eigenvalue weighted by Gasteiger charge is 2.27. The molecule has 2 atom stereocenters. The van der Waals surface area contributed by atoms with Crippen LogP contribution < -0.4 is 0 Å². The Morgan fingerprint density at radius 2 is 1.94 bits per heavy atom. The molecule has 1 aromatic rings. The minimum absolute atomic E-state index is 0.0915. The van der Waals surface area contributed by atoms with Crippen LogP contribution in [0.2, 0.25) is 0 Å². The molecule has 5 heteroatoms. The van der Waals surface area contributed by atoms with Gasteiger partial charge >= 0.3 is 0 Å². The smallest absolute Gasteiger partial charge is 0.163 e. The zero-order valence-corrected chi connectivity index (χ0v) is 10.7. The lowest BCUT2D eigenvalue weighted by atomic mass is 10.2. The number of fused-ring (bicyclic) bond motifs is 1. The van der Waals surface area contributed by atoms with Gasteiger partial charge in [0.05, 0.1) is 0 Å². The number of hydrogen-bond acceptors (Lipinski definition) is 5. The monoisotopic (exact) mass is 256 g/mol. The molecule has 3 rings (SSSR count). The van der Waals surface area contributed by atoms with Crippen LogP contribution in [0.5, 0.6) is 0 Å². The first-order valence-electron chi connectivity index (χ1n) is 5.76. The summed E-state index contributed by atoms with van der Waals surface area (Å²) >= 11 is 1.71. The standard InChI is InChI=1S/C13H12N4S/c1-9(10-5-3-2-4-6-10)18-13-11-12(15-7-14-11)16-8-17-13/h2-9,11H,1H3. The van der Waals surface area contributed by atoms with Crippen molar-refractivity contribution in [1.82, 2.24) is 0 Å². The van der Waals surface area contributed by atoms with Crippen molar-refractivity contribution >= 4 is 35.3 Å². The predicted molar refractivity (Wildman–Crippen MR) is 78.1 cm³/mol. The summed E-state index contributed by atoms with van der Waals surface area (Å²) in [7, 11) is 0. The Balaban J connectivity index is 1.77. The average Bonchev–Trinajstić information content (AvgIpc) is 2.89. The molecule has 0 saturated heterocycles. The Bertz CT molecular complexity index is 560. The number of rotatable bonds is 2. The molecule has 0 bridgehead atoms. The maximum atomic E-state index is 4.33. The normalized spacial score (nSPS) is 22.4. The molecule has 0 aliphatic carbocycles. The van der Waals surface area contributed by atoms with E-state index in [4.69, 9.17) is 0 Å². The quantitative estimate of drug-likeness (QED) is 0.802. The van der Waals surface area contributed by atoms with Crippen molar-refractivity contribution in [3.05, 3.63) is 35.9 Å². The van der Waals surface area contributed by atoms with E-state index in [1.807, 2.05) is 6.07 Å². The number of thioether (sulfide) groups is 1. The number of benzene rings is 1. The minimum atomic E-state index is -0.0915. The second kappa shape index (κ2) is 4.86. The predicted octanol–water partition coefficient (Wildman–Crippen LogP) is 2.73. The Morgan fingerprint density at radius 3 is 2.78 bits per heavy atom. The van der Waals surface area contributed by atoms with E-state index in [1.54, 1.807) is 24.4 Å². The van der Waals surface area contributed by atoms with Crippen LogP contribution in [0.1, 0.15) is 17.7 Å². The molecular formula is C13H12N4S. The van der Waals surface area contributed by atoms with Crippen molar-refractivity contribution in [1.29, 1.82) is 0 Å². The summed E-state index contributed by atoms with van der Waals surface area (Å²) < 4.78 is 0. The Labute approximate surface area is 110 Å². The molecule has 2 unspecified atom stereocenters. The van der Waals surface area contributed by atoms with Crippen molar-refractivity contribution in [2.75, 3.05) is 0 Å². The highest BCUT2D eigenvalue weighted by atomic mass is 32.2. The fourth-order valence-electron chi connectivity index (χ4n) is 1.86. The SMILES string of the molecule is CC(SC1=NC=NC2=NC=NC21)c1ccccc1. The largest absolute Gasteiger partial charge is 0.255 e. The summed E-state index contributed by atoms with van der Waals surface area (Å²) in [6.07, 6.45) is 3.12. The van der Waals surface area contributed by atoms with E-state index in [-0.39, 0.29) is 6.04 Å². The lowest BCUT2D eigenvalue weighted by molar-refractivity contribution is 1.10. The first kappa shape index (κ1) is 11.3. The van der Waals surface area contributed by atoms with E-state index in [9.17, 15) is 0 Å². The molecule has 0 N–H and O–H groups in total. The molecule has 18 heavy (non-hydrogen) atoms. The highest BCUT2D eigenvalue weighted by molar-refractivity contribution is 8.14. The molecule has 0 radical (unpaired) electrons. The summed E-state index contributed by atoms with van der Waals surface area (Å²) in [5.41, 5.74) is 1.29. The van der Waals surface area contributed by atoms with Crippen LogP contribution >= 0.6 is 11.8 Å². The molecule has 1 aromatic carbocycles. The van der Waals surface area contributed by atoms with Gasteiger partial charge in [0.1, 0.15) is 17.7 Å². The third-order valence-electron chi connectivity index (χ3n) is 2.83. The molecule has 0 spiro atoms. The second-order valence-corrected chi connectivity index (χ2v) is 5.40. The summed E-state index contributed by atoms with van der Waals surface area (Å²) in [6.45, 7) is 2.17. The fraction of sp³-hybridized carbons (Fsp3) is 0.231. The third-order valence-corrected chi connectivity index (χ3v) is 4.02. The molecule has 90 valence electrons. The van der Waals surface area contributed by atoms with Gasteiger partial charge in [0.25, 0.3) is 0 Å². The highest BCUT2D eigenvalue weighted by Crippen LogP contribution is 2.32. The lowest BCUT2D eigenvalue weighted by Gasteiger charge is -2.17. The zero-order chi connectivity index (χ0) is 12.4. The van der Waals surface area contributed by atoms with Crippen molar-refractivity contribution < 1.29 is 0 Å². The van der Waals surface area contributed by atoms with Crippen molar-refractivity contribution in [2.45, 2.75) is 18.2 Å². The summed E-state index contributed by atoms with van der Waals surface area (Å²) in [4.78, 5) is 16.9. The Kier molecular flexibility index (Phi) is 3.06. The minimum Gasteiger partial charge on any atom is -0.255 e. The molecule has 0 aromatic heterocycles. The lowest BCUT2D eigenvalue weighted by Crippen LogP contribution is -2.26. The Morgan fingerprint density at radius 1 is 1.11 bits per heavy atom. The Hall–Kier alpha value is -1.75. The summed E-state index contributed by atoms with van der Waals surface area (Å²) in [5, 5.41) is 1.31. The number of hydrogen-bond donors (Lipinski definition) is 0. The zero-order valence-electron chi connectivity index (χ0n) is 9.89. The van der Waals surface area contributed by atoms with Gasteiger partial charge in [0.2, 0.25) is 0 Å². The molecule has 4 nitrogen and oxygen atoms in total. The van der Waals surface area contributed by atoms with Crippen molar-refractivity contribution in [3.63, 3.8) is 0 Å². The molecule has 0 saturated carbocycles. The second-order valence-electron chi connectivity index (χ2n) is 4.04. The fourth-order valence-corrected chi connectivity index (χ4v) is 2.92. The van der Waals surface area contributed by atoms with Gasteiger partial charge in [-0.3, -0.25) is 4.99 Å². The van der Waals surface area contributed by atoms with E-state index >= 15 is 0 Å². The molecule has 2 aliphatic rings. The molecule has 0 amide bonds. The van der Waals surface area contributed by atoms with Gasteiger partial charge in [-0.05, 0) is 12.5 Å². The summed E-state index contributed by atoms with van der Waals surface area (Å²) in [5.74, 6) is 0.743. The van der Waals surface area contributed by atoms with Crippen molar-refractivity contribution in [3.8, 4) is 0 Å². The maximum absolute atomic E-state index is 4.33. The van der Waals surface area contributed by atoms with Gasteiger partial charge < -0.3 is 0 Å². The first-order chi connectivity index (χ1) is 8.84. The van der Waals surface area contributed by atoms with E-state index in [0.717, 1.165) is 10.9 Å². The number of aliphatic imine (C=N–C) groups is 4. The van der Waals surface area contributed by atoms with E-state index < -0.39 is 0 Å². The molecule has 2 heterocycles. The van der Waals surface area contributed by atoms with E-state index in [0.29, 0.717) is 5.25 Å². The molecule has 2 aliphatic heterocycles. The molecular weight excluding hydrogens is 244 g/mol. The number of amidine groups is 1. The third kappa shape index (κ3) is 2.13. The van der Waals surface area contributed by atoms with Gasteiger partial charge in [-0.2, -0.15) is 0 Å². The van der Waals surface area contributed by atoms with E-state index in [1.165, 1.54) is 5.56 Å². The van der Waals surface area contributed by atoms with Crippen molar-refractivity contribution in [2.24, 2.45) is 20.0 Å². The van der Waals surface area contributed by atoms with Gasteiger partial charge in [0.15, 0.2) is 11.9 Å². The topological polar surface area (TPSA) is 49.4 Å². The molecule has 0 fully saturated rings. The average molecular weight is 256 g/mol. The van der Waals surface area contributed by atoms with Gasteiger partial charge in [-0.1, -0.05) is 30.3 Å². The summed E-state index contributed by atoms with van der Waals surface area (Å²) in [6, 6.07) is 10.3. The van der Waals surface area contributed by atoms with Crippen LogP contribution in [0.3, 0.4) is 0 Å². The number of nitrogens with zero attached hydrogens (tertiary/aromatic N) is 4. The van der Waals surface area contributed by atoms with Crippen LogP contribution in [0.4, 0.5) is 0 Å². The first-order valence-corrected chi connectivity index (χ1v) is 6.64. The van der Waals surface area contributed by atoms with Gasteiger partial charge in [-0.15, -0.1) is 11.8 Å². The van der Waals surface area contributed by atoms with Crippen LogP contribution in [-0.2, 0) is 0 Å². The van der Waals surface area contributed by atoms with Gasteiger partial charge in [0, 0.05) is 5.25 Å². The van der Waals surface area contributed by atoms with Crippen LogP contribution in [0.25, 0.3) is 0 Å². The maximum Gasteiger partial charge on any atom is 0.163 e. The van der Waals surface area contributed by atoms with Crippen LogP contribution in [0.15, 0.2) is 50.3 Å².